The average molecular weight is 442 g/mol. The van der Waals surface area contributed by atoms with Crippen LogP contribution in [0.2, 0.25) is 0 Å². The maximum Gasteiger partial charge on any atom is 0.236 e. The van der Waals surface area contributed by atoms with E-state index >= 15 is 0 Å². The summed E-state index contributed by atoms with van der Waals surface area (Å²) in [6.07, 6.45) is 0. The lowest BCUT2D eigenvalue weighted by Crippen LogP contribution is -2.52. The number of carbonyl (C=O) groups excluding carboxylic acids is 1. The summed E-state index contributed by atoms with van der Waals surface area (Å²) in [4.78, 5) is 23.5. The molecule has 1 fully saturated rings. The number of hydrogen-bond donors (Lipinski definition) is 0. The molecule has 3 heterocycles. The highest BCUT2D eigenvalue weighted by Gasteiger charge is 2.30. The van der Waals surface area contributed by atoms with Gasteiger partial charge in [0.25, 0.3) is 0 Å². The lowest BCUT2D eigenvalue weighted by molar-refractivity contribution is -0.133. The number of hydrogen-bond acceptors (Lipinski definition) is 6. The van der Waals surface area contributed by atoms with E-state index in [9.17, 15) is 10.1 Å². The number of oxazole rings is 1. The zero-order valence-electron chi connectivity index (χ0n) is 18.8. The lowest BCUT2D eigenvalue weighted by Gasteiger charge is -2.38. The minimum absolute atomic E-state index is 0.148. The van der Waals surface area contributed by atoms with Gasteiger partial charge in [0.15, 0.2) is 5.89 Å². The van der Waals surface area contributed by atoms with Gasteiger partial charge in [0.2, 0.25) is 17.5 Å². The lowest BCUT2D eigenvalue weighted by atomic mass is 9.84. The van der Waals surface area contributed by atoms with Crippen LogP contribution in [-0.2, 0) is 11.3 Å². The van der Waals surface area contributed by atoms with Crippen LogP contribution in [0, 0.1) is 18.3 Å². The third kappa shape index (κ3) is 4.35. The number of nitrogens with zero attached hydrogens (tertiary/aromatic N) is 5. The summed E-state index contributed by atoms with van der Waals surface area (Å²) in [5, 5.41) is 9.29. The number of aryl methyl sites for hydroxylation is 1. The molecule has 3 aromatic rings. The maximum atomic E-state index is 13.2. The molecule has 2 aliphatic heterocycles. The van der Waals surface area contributed by atoms with Gasteiger partial charge in [-0.3, -0.25) is 9.69 Å². The number of piperazine rings is 1. The van der Waals surface area contributed by atoms with E-state index in [1.54, 1.807) is 6.92 Å². The van der Waals surface area contributed by atoms with Crippen LogP contribution in [0.15, 0.2) is 59.0 Å². The van der Waals surface area contributed by atoms with Crippen molar-refractivity contribution in [3.63, 3.8) is 0 Å². The van der Waals surface area contributed by atoms with Crippen molar-refractivity contribution in [2.45, 2.75) is 19.4 Å². The Bertz CT molecular complexity index is 1170. The van der Waals surface area contributed by atoms with Crippen LogP contribution in [0.25, 0.3) is 0 Å². The highest BCUT2D eigenvalue weighted by atomic mass is 16.4. The van der Waals surface area contributed by atoms with Gasteiger partial charge in [-0.25, -0.2) is 4.98 Å². The van der Waals surface area contributed by atoms with Crippen LogP contribution in [0.1, 0.15) is 34.2 Å². The number of carbonyl (C=O) groups is 1. The summed E-state index contributed by atoms with van der Waals surface area (Å²) in [5.41, 5.74) is 4.24. The molecular weight excluding hydrogens is 414 g/mol. The second kappa shape index (κ2) is 9.08. The second-order valence-electron chi connectivity index (χ2n) is 8.70. The van der Waals surface area contributed by atoms with Gasteiger partial charge in [0.05, 0.1) is 6.54 Å². The molecule has 1 saturated heterocycles. The molecule has 33 heavy (non-hydrogen) atoms. The molecule has 7 nitrogen and oxygen atoms in total. The van der Waals surface area contributed by atoms with Gasteiger partial charge in [0, 0.05) is 52.1 Å². The van der Waals surface area contributed by atoms with E-state index in [1.807, 2.05) is 15.9 Å². The largest absolute Gasteiger partial charge is 0.424 e. The van der Waals surface area contributed by atoms with E-state index in [1.165, 1.54) is 16.7 Å². The molecule has 1 unspecified atom stereocenters. The van der Waals surface area contributed by atoms with Crippen LogP contribution in [-0.4, -0.2) is 60.0 Å². The van der Waals surface area contributed by atoms with Gasteiger partial charge in [-0.05, 0) is 16.7 Å². The molecule has 0 aliphatic carbocycles. The molecule has 2 aliphatic rings. The highest BCUT2D eigenvalue weighted by molar-refractivity contribution is 5.78. The molecule has 168 valence electrons. The fourth-order valence-electron chi connectivity index (χ4n) is 4.92. The van der Waals surface area contributed by atoms with E-state index in [-0.39, 0.29) is 11.8 Å². The van der Waals surface area contributed by atoms with Crippen molar-refractivity contribution in [3.05, 3.63) is 82.9 Å². The summed E-state index contributed by atoms with van der Waals surface area (Å²) in [5.74, 6) is 1.41. The number of benzene rings is 2. The van der Waals surface area contributed by atoms with Crippen LogP contribution < -0.4 is 4.90 Å². The zero-order chi connectivity index (χ0) is 22.8. The Balaban J connectivity index is 1.25. The predicted molar refractivity (Wildman–Crippen MR) is 125 cm³/mol. The minimum Gasteiger partial charge on any atom is -0.424 e. The molecule has 0 bridgehead atoms. The Morgan fingerprint density at radius 3 is 2.58 bits per heavy atom. The van der Waals surface area contributed by atoms with Crippen molar-refractivity contribution >= 4 is 11.8 Å². The molecule has 0 N–H and O–H groups in total. The first kappa shape index (κ1) is 21.2. The molecule has 1 atom stereocenters. The number of amides is 1. The number of fused-ring (bicyclic) bond motifs is 1. The van der Waals surface area contributed by atoms with Gasteiger partial charge in [-0.15, -0.1) is 0 Å². The SMILES string of the molecule is Cc1nc(C#N)c(N2CCN(C(=O)CN3Cc4ccccc4C(c4ccccc4)C3)CC2)o1. The predicted octanol–water partition coefficient (Wildman–Crippen LogP) is 3.15. The Morgan fingerprint density at radius 1 is 1.09 bits per heavy atom. The third-order valence-electron chi connectivity index (χ3n) is 6.57. The average Bonchev–Trinajstić information content (AvgIpc) is 3.25. The van der Waals surface area contributed by atoms with Crippen molar-refractivity contribution in [2.24, 2.45) is 0 Å². The highest BCUT2D eigenvalue weighted by Crippen LogP contribution is 2.33. The van der Waals surface area contributed by atoms with Gasteiger partial charge in [0.1, 0.15) is 6.07 Å². The van der Waals surface area contributed by atoms with Gasteiger partial charge >= 0.3 is 0 Å². The number of aromatic nitrogens is 1. The van der Waals surface area contributed by atoms with E-state index in [4.69, 9.17) is 4.42 Å². The Morgan fingerprint density at radius 2 is 1.82 bits per heavy atom. The first-order valence-corrected chi connectivity index (χ1v) is 11.4. The maximum absolute atomic E-state index is 13.2. The molecule has 0 spiro atoms. The van der Waals surface area contributed by atoms with Crippen molar-refractivity contribution in [2.75, 3.05) is 44.2 Å². The fourth-order valence-corrected chi connectivity index (χ4v) is 4.92. The summed E-state index contributed by atoms with van der Waals surface area (Å²) in [7, 11) is 0. The Kier molecular flexibility index (Phi) is 5.84. The normalized spacial score (nSPS) is 18.6. The molecule has 1 aromatic heterocycles. The quantitative estimate of drug-likeness (QED) is 0.619. The summed E-state index contributed by atoms with van der Waals surface area (Å²) in [6, 6.07) is 21.2. The van der Waals surface area contributed by atoms with Crippen LogP contribution >= 0.6 is 0 Å². The van der Waals surface area contributed by atoms with Crippen LogP contribution in [0.5, 0.6) is 0 Å². The summed E-state index contributed by atoms with van der Waals surface area (Å²) in [6.45, 7) is 6.23. The molecule has 2 aromatic carbocycles. The Hall–Kier alpha value is -3.63. The van der Waals surface area contributed by atoms with Crippen molar-refractivity contribution < 1.29 is 9.21 Å². The summed E-state index contributed by atoms with van der Waals surface area (Å²) < 4.78 is 5.63. The molecule has 7 heteroatoms. The Labute approximate surface area is 193 Å². The topological polar surface area (TPSA) is 76.6 Å². The van der Waals surface area contributed by atoms with Crippen molar-refractivity contribution in [3.8, 4) is 6.07 Å². The number of rotatable bonds is 4. The second-order valence-corrected chi connectivity index (χ2v) is 8.70. The summed E-state index contributed by atoms with van der Waals surface area (Å²) >= 11 is 0. The van der Waals surface area contributed by atoms with E-state index in [0.717, 1.165) is 13.1 Å². The first-order valence-electron chi connectivity index (χ1n) is 11.4. The van der Waals surface area contributed by atoms with Gasteiger partial charge in [-0.1, -0.05) is 54.6 Å². The fraction of sp³-hybridized carbons (Fsp3) is 0.346. The monoisotopic (exact) mass is 441 g/mol. The smallest absolute Gasteiger partial charge is 0.236 e. The van der Waals surface area contributed by atoms with Crippen molar-refractivity contribution in [1.29, 1.82) is 5.26 Å². The molecule has 5 rings (SSSR count). The third-order valence-corrected chi connectivity index (χ3v) is 6.57. The number of nitriles is 1. The van der Waals surface area contributed by atoms with Gasteiger partial charge < -0.3 is 14.2 Å². The molecule has 0 radical (unpaired) electrons. The number of anilines is 1. The first-order chi connectivity index (χ1) is 16.1. The molecule has 1 amide bonds. The standard InChI is InChI=1S/C26H27N5O2/c1-19-28-24(15-27)26(33-19)31-13-11-30(12-14-31)25(32)18-29-16-21-9-5-6-10-22(21)23(17-29)20-7-3-2-4-8-20/h2-10,23H,11-14,16-18H2,1H3. The van der Waals surface area contributed by atoms with E-state index in [0.29, 0.717) is 50.2 Å². The van der Waals surface area contributed by atoms with Crippen molar-refractivity contribution in [1.82, 2.24) is 14.8 Å². The van der Waals surface area contributed by atoms with Crippen LogP contribution in [0.4, 0.5) is 5.88 Å². The van der Waals surface area contributed by atoms with E-state index < -0.39 is 0 Å². The zero-order valence-corrected chi connectivity index (χ0v) is 18.8. The van der Waals surface area contributed by atoms with Crippen LogP contribution in [0.3, 0.4) is 0 Å². The minimum atomic E-state index is 0.148. The van der Waals surface area contributed by atoms with Gasteiger partial charge in [-0.2, -0.15) is 5.26 Å². The molecule has 0 saturated carbocycles. The molecular formula is C26H27N5O2. The van der Waals surface area contributed by atoms with E-state index in [2.05, 4.69) is 64.5 Å².